The molecular weight excluding hydrogens is 112 g/mol. The molecule has 0 aromatic carbocycles. The second kappa shape index (κ2) is 3.02. The number of aliphatic hydroxyl groups excluding tert-OH is 1. The standard InChI is InChI=1S/C8H14O/c1-7-4-2-3-5-8(9)6-7/h8-9H,1-6H2. The Labute approximate surface area is 56.4 Å². The highest BCUT2D eigenvalue weighted by Gasteiger charge is 2.09. The molecule has 1 aliphatic rings. The van der Waals surface area contributed by atoms with Crippen LogP contribution in [-0.2, 0) is 0 Å². The van der Waals surface area contributed by atoms with E-state index in [0.717, 1.165) is 19.3 Å². The molecule has 1 atom stereocenters. The van der Waals surface area contributed by atoms with Crippen LogP contribution in [0.3, 0.4) is 0 Å². The van der Waals surface area contributed by atoms with Gasteiger partial charge in [0, 0.05) is 0 Å². The topological polar surface area (TPSA) is 20.2 Å². The molecule has 1 heteroatoms. The summed E-state index contributed by atoms with van der Waals surface area (Å²) in [6.07, 6.45) is 5.21. The predicted molar refractivity (Wildman–Crippen MR) is 38.2 cm³/mol. The summed E-state index contributed by atoms with van der Waals surface area (Å²) in [5, 5.41) is 9.20. The summed E-state index contributed by atoms with van der Waals surface area (Å²) in [4.78, 5) is 0. The number of hydrogen-bond acceptors (Lipinski definition) is 1. The maximum Gasteiger partial charge on any atom is 0.0577 e. The summed E-state index contributed by atoms with van der Waals surface area (Å²) >= 11 is 0. The van der Waals surface area contributed by atoms with E-state index in [1.54, 1.807) is 0 Å². The number of rotatable bonds is 0. The van der Waals surface area contributed by atoms with Gasteiger partial charge in [-0.2, -0.15) is 0 Å². The van der Waals surface area contributed by atoms with Gasteiger partial charge in [-0.3, -0.25) is 0 Å². The molecule has 0 heterocycles. The van der Waals surface area contributed by atoms with Crippen molar-refractivity contribution in [2.24, 2.45) is 0 Å². The lowest BCUT2D eigenvalue weighted by Gasteiger charge is -2.04. The first-order valence-corrected chi connectivity index (χ1v) is 3.64. The van der Waals surface area contributed by atoms with Gasteiger partial charge in [-0.25, -0.2) is 0 Å². The average Bonchev–Trinajstić information content (AvgIpc) is 1.93. The zero-order chi connectivity index (χ0) is 6.69. The van der Waals surface area contributed by atoms with E-state index in [4.69, 9.17) is 0 Å². The third-order valence-corrected chi connectivity index (χ3v) is 1.84. The van der Waals surface area contributed by atoms with E-state index in [9.17, 15) is 5.11 Å². The summed E-state index contributed by atoms with van der Waals surface area (Å²) in [6, 6.07) is 0. The van der Waals surface area contributed by atoms with Gasteiger partial charge in [0.25, 0.3) is 0 Å². The van der Waals surface area contributed by atoms with Gasteiger partial charge in [-0.15, -0.1) is 0 Å². The highest BCUT2D eigenvalue weighted by atomic mass is 16.3. The van der Waals surface area contributed by atoms with Gasteiger partial charge in [0.1, 0.15) is 0 Å². The maximum absolute atomic E-state index is 9.20. The first-order chi connectivity index (χ1) is 4.29. The van der Waals surface area contributed by atoms with E-state index in [1.165, 1.54) is 18.4 Å². The largest absolute Gasteiger partial charge is 0.393 e. The van der Waals surface area contributed by atoms with Crippen molar-refractivity contribution in [2.75, 3.05) is 0 Å². The van der Waals surface area contributed by atoms with Crippen LogP contribution in [0.4, 0.5) is 0 Å². The Balaban J connectivity index is 2.37. The Bertz CT molecular complexity index is 107. The molecule has 1 aliphatic carbocycles. The van der Waals surface area contributed by atoms with E-state index in [2.05, 4.69) is 6.58 Å². The summed E-state index contributed by atoms with van der Waals surface area (Å²) in [7, 11) is 0. The Morgan fingerprint density at radius 1 is 1.44 bits per heavy atom. The maximum atomic E-state index is 9.20. The smallest absolute Gasteiger partial charge is 0.0577 e. The third-order valence-electron chi connectivity index (χ3n) is 1.84. The first-order valence-electron chi connectivity index (χ1n) is 3.64. The van der Waals surface area contributed by atoms with Crippen molar-refractivity contribution >= 4 is 0 Å². The molecule has 52 valence electrons. The molecule has 1 nitrogen and oxygen atoms in total. The van der Waals surface area contributed by atoms with Crippen LogP contribution in [0.2, 0.25) is 0 Å². The van der Waals surface area contributed by atoms with Gasteiger partial charge in [0.2, 0.25) is 0 Å². The summed E-state index contributed by atoms with van der Waals surface area (Å²) in [6.45, 7) is 3.86. The van der Waals surface area contributed by atoms with E-state index in [0.29, 0.717) is 0 Å². The molecule has 0 aromatic rings. The highest BCUT2D eigenvalue weighted by Crippen LogP contribution is 2.20. The molecule has 0 spiro atoms. The minimum atomic E-state index is -0.0972. The van der Waals surface area contributed by atoms with Crippen molar-refractivity contribution in [1.82, 2.24) is 0 Å². The Morgan fingerprint density at radius 2 is 2.22 bits per heavy atom. The lowest BCUT2D eigenvalue weighted by Crippen LogP contribution is -2.03. The molecule has 1 fully saturated rings. The minimum Gasteiger partial charge on any atom is -0.393 e. The normalized spacial score (nSPS) is 29.9. The molecule has 1 saturated carbocycles. The number of hydrogen-bond donors (Lipinski definition) is 1. The Hall–Kier alpha value is -0.300. The Kier molecular flexibility index (Phi) is 2.29. The van der Waals surface area contributed by atoms with Crippen LogP contribution >= 0.6 is 0 Å². The fraction of sp³-hybridized carbons (Fsp3) is 0.750. The summed E-state index contributed by atoms with van der Waals surface area (Å²) in [5.74, 6) is 0. The molecule has 1 N–H and O–H groups in total. The van der Waals surface area contributed by atoms with Crippen molar-refractivity contribution in [2.45, 2.75) is 38.2 Å². The van der Waals surface area contributed by atoms with Gasteiger partial charge in [0.15, 0.2) is 0 Å². The van der Waals surface area contributed by atoms with Crippen LogP contribution in [0.15, 0.2) is 12.2 Å². The van der Waals surface area contributed by atoms with Crippen LogP contribution in [0.25, 0.3) is 0 Å². The molecule has 0 radical (unpaired) electrons. The quantitative estimate of drug-likeness (QED) is 0.388. The molecule has 1 unspecified atom stereocenters. The lowest BCUT2D eigenvalue weighted by molar-refractivity contribution is 0.166. The summed E-state index contributed by atoms with van der Waals surface area (Å²) < 4.78 is 0. The van der Waals surface area contributed by atoms with Gasteiger partial charge in [-0.05, 0) is 25.7 Å². The van der Waals surface area contributed by atoms with Crippen molar-refractivity contribution in [3.63, 3.8) is 0 Å². The van der Waals surface area contributed by atoms with E-state index in [1.807, 2.05) is 0 Å². The van der Waals surface area contributed by atoms with E-state index < -0.39 is 0 Å². The van der Waals surface area contributed by atoms with E-state index >= 15 is 0 Å². The van der Waals surface area contributed by atoms with Crippen LogP contribution in [0, 0.1) is 0 Å². The fourth-order valence-corrected chi connectivity index (χ4v) is 1.29. The highest BCUT2D eigenvalue weighted by molar-refractivity contribution is 4.97. The molecule has 0 amide bonds. The van der Waals surface area contributed by atoms with Crippen molar-refractivity contribution in [1.29, 1.82) is 0 Å². The molecule has 0 aromatic heterocycles. The fourth-order valence-electron chi connectivity index (χ4n) is 1.29. The molecular formula is C8H14O. The molecule has 0 saturated heterocycles. The predicted octanol–water partition coefficient (Wildman–Crippen LogP) is 1.87. The zero-order valence-electron chi connectivity index (χ0n) is 5.77. The Morgan fingerprint density at radius 3 is 3.00 bits per heavy atom. The average molecular weight is 126 g/mol. The lowest BCUT2D eigenvalue weighted by atomic mass is 10.1. The molecule has 9 heavy (non-hydrogen) atoms. The SMILES string of the molecule is C=C1CCCCC(O)C1. The second-order valence-electron chi connectivity index (χ2n) is 2.85. The number of aliphatic hydroxyl groups is 1. The first kappa shape index (κ1) is 6.81. The second-order valence-corrected chi connectivity index (χ2v) is 2.85. The monoisotopic (exact) mass is 126 g/mol. The van der Waals surface area contributed by atoms with Crippen LogP contribution in [-0.4, -0.2) is 11.2 Å². The van der Waals surface area contributed by atoms with Crippen molar-refractivity contribution in [3.05, 3.63) is 12.2 Å². The van der Waals surface area contributed by atoms with Crippen LogP contribution < -0.4 is 0 Å². The minimum absolute atomic E-state index is 0.0972. The molecule has 0 bridgehead atoms. The van der Waals surface area contributed by atoms with Crippen molar-refractivity contribution in [3.8, 4) is 0 Å². The van der Waals surface area contributed by atoms with Gasteiger partial charge in [-0.1, -0.05) is 18.6 Å². The van der Waals surface area contributed by atoms with Crippen molar-refractivity contribution < 1.29 is 5.11 Å². The molecule has 1 rings (SSSR count). The van der Waals surface area contributed by atoms with Gasteiger partial charge < -0.3 is 5.11 Å². The third kappa shape index (κ3) is 2.19. The van der Waals surface area contributed by atoms with Crippen LogP contribution in [0.1, 0.15) is 32.1 Å². The molecule has 0 aliphatic heterocycles. The zero-order valence-corrected chi connectivity index (χ0v) is 5.77. The summed E-state index contributed by atoms with van der Waals surface area (Å²) in [5.41, 5.74) is 1.22. The van der Waals surface area contributed by atoms with Crippen LogP contribution in [0.5, 0.6) is 0 Å². The van der Waals surface area contributed by atoms with E-state index in [-0.39, 0.29) is 6.10 Å². The van der Waals surface area contributed by atoms with Gasteiger partial charge in [0.05, 0.1) is 6.10 Å². The van der Waals surface area contributed by atoms with Gasteiger partial charge >= 0.3 is 0 Å².